The number of carbonyl (C=O) groups excluding carboxylic acids is 1. The van der Waals surface area contributed by atoms with Crippen molar-refractivity contribution in [3.05, 3.63) is 24.3 Å². The van der Waals surface area contributed by atoms with Crippen LogP contribution >= 0.6 is 11.3 Å². The van der Waals surface area contributed by atoms with E-state index in [9.17, 15) is 26.4 Å². The Balaban J connectivity index is 2.11. The number of primary amides is 1. The molecule has 0 aliphatic rings. The Morgan fingerprint density at radius 1 is 1.34 bits per heavy atom. The van der Waals surface area contributed by atoms with Gasteiger partial charge in [-0.3, -0.25) is 9.48 Å². The van der Waals surface area contributed by atoms with E-state index in [-0.39, 0.29) is 32.6 Å². The molecule has 156 valence electrons. The minimum Gasteiger partial charge on any atom is -0.479 e. The van der Waals surface area contributed by atoms with Crippen LogP contribution < -0.4 is 10.5 Å². The largest absolute Gasteiger partial charge is 0.479 e. The molecule has 15 heteroatoms. The summed E-state index contributed by atoms with van der Waals surface area (Å²) in [6, 6.07) is 0. The van der Waals surface area contributed by atoms with Crippen molar-refractivity contribution in [1.29, 1.82) is 0 Å². The van der Waals surface area contributed by atoms with Crippen molar-refractivity contribution >= 4 is 27.3 Å². The number of nitrogens with zero attached hydrogens (tertiary/aromatic N) is 5. The zero-order chi connectivity index (χ0) is 21.6. The first-order chi connectivity index (χ1) is 13.4. The molecule has 3 rings (SSSR count). The second-order valence-electron chi connectivity index (χ2n) is 5.79. The van der Waals surface area contributed by atoms with E-state index in [1.165, 1.54) is 19.5 Å². The fourth-order valence-electron chi connectivity index (χ4n) is 2.36. The summed E-state index contributed by atoms with van der Waals surface area (Å²) in [5, 5.41) is 7.62. The molecule has 10 nitrogen and oxygen atoms in total. The number of aromatic nitrogens is 5. The molecule has 0 spiro atoms. The third kappa shape index (κ3) is 4.40. The van der Waals surface area contributed by atoms with Gasteiger partial charge in [-0.1, -0.05) is 0 Å². The van der Waals surface area contributed by atoms with Gasteiger partial charge in [0.15, 0.2) is 0 Å². The fourth-order valence-corrected chi connectivity index (χ4v) is 3.93. The molecule has 0 aromatic carbocycles. The Morgan fingerprint density at radius 3 is 2.55 bits per heavy atom. The van der Waals surface area contributed by atoms with Crippen LogP contribution in [-0.2, 0) is 16.6 Å². The van der Waals surface area contributed by atoms with Gasteiger partial charge in [-0.05, 0) is 0 Å². The molecule has 0 unspecified atom stereocenters. The predicted octanol–water partition coefficient (Wildman–Crippen LogP) is 1.35. The average Bonchev–Trinajstić information content (AvgIpc) is 3.29. The van der Waals surface area contributed by atoms with Gasteiger partial charge in [0.05, 0.1) is 36.2 Å². The van der Waals surface area contributed by atoms with E-state index in [2.05, 4.69) is 15.2 Å². The van der Waals surface area contributed by atoms with Gasteiger partial charge >= 0.3 is 6.18 Å². The summed E-state index contributed by atoms with van der Waals surface area (Å²) in [4.78, 5) is 16.1. The minimum atomic E-state index is -4.51. The summed E-state index contributed by atoms with van der Waals surface area (Å²) < 4.78 is 67.5. The molecule has 0 saturated carbocycles. The van der Waals surface area contributed by atoms with Crippen LogP contribution in [0.5, 0.6) is 5.88 Å². The summed E-state index contributed by atoms with van der Waals surface area (Å²) >= 11 is 0.904. The van der Waals surface area contributed by atoms with Crippen molar-refractivity contribution in [2.24, 2.45) is 5.73 Å². The minimum absolute atomic E-state index is 0.0878. The molecule has 3 aromatic rings. The Kier molecular flexibility index (Phi) is 5.12. The normalized spacial score (nSPS) is 12.3. The Hall–Kier alpha value is -2.94. The zero-order valence-corrected chi connectivity index (χ0v) is 16.5. The molecule has 0 aliphatic carbocycles. The lowest BCUT2D eigenvalue weighted by atomic mass is 10.2. The van der Waals surface area contributed by atoms with Gasteiger partial charge in [-0.15, -0.1) is 16.4 Å². The second-order valence-corrected chi connectivity index (χ2v) is 8.63. The topological polar surface area (TPSA) is 135 Å². The van der Waals surface area contributed by atoms with Crippen LogP contribution in [0.1, 0.15) is 10.5 Å². The van der Waals surface area contributed by atoms with Crippen LogP contribution in [0.15, 0.2) is 18.6 Å². The van der Waals surface area contributed by atoms with Gasteiger partial charge in [0.1, 0.15) is 17.2 Å². The van der Waals surface area contributed by atoms with Crippen LogP contribution in [0.2, 0.25) is 0 Å². The maximum absolute atomic E-state index is 12.7. The number of thiazole rings is 1. The highest BCUT2D eigenvalue weighted by atomic mass is 32.2. The molecule has 2 N–H and O–H groups in total. The lowest BCUT2D eigenvalue weighted by Crippen LogP contribution is -2.17. The molecule has 0 bridgehead atoms. The van der Waals surface area contributed by atoms with Gasteiger partial charge in [0.2, 0.25) is 5.88 Å². The average molecular weight is 450 g/mol. The number of carbonyl (C=O) groups is 1. The smallest absolute Gasteiger partial charge is 0.408 e. The van der Waals surface area contributed by atoms with Crippen molar-refractivity contribution in [2.45, 2.75) is 12.7 Å². The molecule has 3 heterocycles. The summed E-state index contributed by atoms with van der Waals surface area (Å²) in [6.45, 7) is -1.36. The Morgan fingerprint density at radius 2 is 2.03 bits per heavy atom. The van der Waals surface area contributed by atoms with E-state index in [1.807, 2.05) is 0 Å². The molecule has 0 fully saturated rings. The highest BCUT2D eigenvalue weighted by molar-refractivity contribution is 7.89. The van der Waals surface area contributed by atoms with Gasteiger partial charge in [-0.2, -0.15) is 22.4 Å². The van der Waals surface area contributed by atoms with Crippen LogP contribution in [0.4, 0.5) is 13.2 Å². The maximum atomic E-state index is 12.7. The Bertz CT molecular complexity index is 1180. The lowest BCUT2D eigenvalue weighted by molar-refractivity contribution is -0.142. The SMILES string of the molecule is COc1nn(CC(F)(F)F)cc1-c1sc(-c2cnn(S(C)(=O)=O)c2)nc1C(N)=O. The van der Waals surface area contributed by atoms with Crippen molar-refractivity contribution in [3.63, 3.8) is 0 Å². The second kappa shape index (κ2) is 7.14. The molecule has 0 saturated heterocycles. The first-order valence-electron chi connectivity index (χ1n) is 7.64. The van der Waals surface area contributed by atoms with E-state index in [4.69, 9.17) is 10.5 Å². The van der Waals surface area contributed by atoms with Crippen LogP contribution in [0, 0.1) is 0 Å². The molecule has 0 atom stereocenters. The Labute approximate surface area is 165 Å². The van der Waals surface area contributed by atoms with Crippen LogP contribution in [-0.4, -0.2) is 57.8 Å². The van der Waals surface area contributed by atoms with Crippen LogP contribution in [0.25, 0.3) is 21.0 Å². The third-order valence-corrected chi connectivity index (χ3v) is 5.53. The molecular formula is C14H13F3N6O4S2. The van der Waals surface area contributed by atoms with Gasteiger partial charge < -0.3 is 10.5 Å². The van der Waals surface area contributed by atoms with Crippen molar-refractivity contribution < 1.29 is 31.1 Å². The number of nitrogens with two attached hydrogens (primary N) is 1. The van der Waals surface area contributed by atoms with E-state index in [1.54, 1.807) is 0 Å². The van der Waals surface area contributed by atoms with Crippen molar-refractivity contribution in [3.8, 4) is 26.9 Å². The molecule has 3 aromatic heterocycles. The highest BCUT2D eigenvalue weighted by Crippen LogP contribution is 2.39. The van der Waals surface area contributed by atoms with Crippen LogP contribution in [0.3, 0.4) is 0 Å². The summed E-state index contributed by atoms with van der Waals surface area (Å²) in [7, 11) is -2.42. The van der Waals surface area contributed by atoms with Gasteiger partial charge in [-0.25, -0.2) is 13.4 Å². The number of halogens is 3. The number of amides is 1. The third-order valence-electron chi connectivity index (χ3n) is 3.51. The first-order valence-corrected chi connectivity index (χ1v) is 10.3. The fraction of sp³-hybridized carbons (Fsp3) is 0.286. The quantitative estimate of drug-likeness (QED) is 0.599. The van der Waals surface area contributed by atoms with E-state index < -0.39 is 28.7 Å². The summed E-state index contributed by atoms with van der Waals surface area (Å²) in [5.74, 6) is -1.08. The predicted molar refractivity (Wildman–Crippen MR) is 95.9 cm³/mol. The van der Waals surface area contributed by atoms with Crippen molar-refractivity contribution in [2.75, 3.05) is 13.4 Å². The maximum Gasteiger partial charge on any atom is 0.408 e. The van der Waals surface area contributed by atoms with Gasteiger partial charge in [0.25, 0.3) is 15.9 Å². The summed E-state index contributed by atoms with van der Waals surface area (Å²) in [5.41, 5.74) is 5.50. The lowest BCUT2D eigenvalue weighted by Gasteiger charge is -2.04. The van der Waals surface area contributed by atoms with E-state index >= 15 is 0 Å². The number of ether oxygens (including phenoxy) is 1. The number of rotatable bonds is 6. The standard InChI is InChI=1S/C14H13F3N6O4S2/c1-27-12-8(5-22(21-12)6-14(15,16)17)10-9(11(18)24)20-13(28-10)7-3-19-23(4-7)29(2,25)26/h3-5H,6H2,1-2H3,(H2,18,24). The molecule has 0 radical (unpaired) electrons. The molecule has 0 aliphatic heterocycles. The number of hydrogen-bond donors (Lipinski definition) is 1. The first kappa shape index (κ1) is 20.8. The van der Waals surface area contributed by atoms with E-state index in [0.29, 0.717) is 4.68 Å². The van der Waals surface area contributed by atoms with Crippen molar-refractivity contribution in [1.82, 2.24) is 24.0 Å². The van der Waals surface area contributed by atoms with E-state index in [0.717, 1.165) is 27.9 Å². The number of alkyl halides is 3. The number of hydrogen-bond acceptors (Lipinski definition) is 8. The van der Waals surface area contributed by atoms with Gasteiger partial charge in [0, 0.05) is 11.8 Å². The molecule has 29 heavy (non-hydrogen) atoms. The molecular weight excluding hydrogens is 437 g/mol. The monoisotopic (exact) mass is 450 g/mol. The zero-order valence-electron chi connectivity index (χ0n) is 14.8. The molecule has 1 amide bonds. The summed E-state index contributed by atoms with van der Waals surface area (Å²) in [6.07, 6.45) is -0.0898. The highest BCUT2D eigenvalue weighted by Gasteiger charge is 2.30. The number of methoxy groups -OCH3 is 1.